The van der Waals surface area contributed by atoms with Gasteiger partial charge in [0.25, 0.3) is 5.69 Å². The lowest BCUT2D eigenvalue weighted by Crippen LogP contribution is -2.06. The lowest BCUT2D eigenvalue weighted by atomic mass is 10.1. The minimum absolute atomic E-state index is 0.0302. The van der Waals surface area contributed by atoms with Crippen LogP contribution in [0.1, 0.15) is 15.9 Å². The van der Waals surface area contributed by atoms with Gasteiger partial charge in [0.15, 0.2) is 0 Å². The van der Waals surface area contributed by atoms with Crippen LogP contribution in [0, 0.1) is 22.9 Å². The zero-order valence-corrected chi connectivity index (χ0v) is 11.0. The highest BCUT2D eigenvalue weighted by molar-refractivity contribution is 5.98. The largest absolute Gasteiger partial charge is 0.478 e. The van der Waals surface area contributed by atoms with Crippen LogP contribution in [0.3, 0.4) is 0 Å². The maximum Gasteiger partial charge on any atom is 0.338 e. The topological polar surface area (TPSA) is 92.5 Å². The Labute approximate surface area is 119 Å². The van der Waals surface area contributed by atoms with Gasteiger partial charge in [-0.2, -0.15) is 0 Å². The van der Waals surface area contributed by atoms with E-state index in [-0.39, 0.29) is 16.9 Å². The van der Waals surface area contributed by atoms with E-state index in [0.29, 0.717) is 5.56 Å². The molecule has 0 aliphatic rings. The molecule has 21 heavy (non-hydrogen) atoms. The van der Waals surface area contributed by atoms with Crippen LogP contribution >= 0.6 is 0 Å². The Morgan fingerprint density at radius 2 is 2.05 bits per heavy atom. The summed E-state index contributed by atoms with van der Waals surface area (Å²) < 4.78 is 13.8. The molecule has 0 aliphatic heterocycles. The van der Waals surface area contributed by atoms with E-state index in [0.717, 1.165) is 6.07 Å². The zero-order chi connectivity index (χ0) is 15.6. The molecule has 0 fully saturated rings. The number of hydrogen-bond donors (Lipinski definition) is 2. The molecule has 0 aliphatic carbocycles. The molecular formula is C14H11FN2O4. The Balaban J connectivity index is 2.56. The van der Waals surface area contributed by atoms with E-state index in [2.05, 4.69) is 5.32 Å². The van der Waals surface area contributed by atoms with Crippen LogP contribution in [0.4, 0.5) is 21.5 Å². The lowest BCUT2D eigenvalue weighted by molar-refractivity contribution is -0.383. The van der Waals surface area contributed by atoms with Crippen molar-refractivity contribution in [3.8, 4) is 0 Å². The van der Waals surface area contributed by atoms with Crippen LogP contribution in [0.2, 0.25) is 0 Å². The Hall–Kier alpha value is -2.96. The number of carboxylic acids is 1. The van der Waals surface area contributed by atoms with E-state index in [1.54, 1.807) is 13.0 Å². The maximum atomic E-state index is 13.8. The number of nitro benzene ring substituents is 1. The van der Waals surface area contributed by atoms with Gasteiger partial charge in [-0.3, -0.25) is 10.1 Å². The van der Waals surface area contributed by atoms with Crippen molar-refractivity contribution in [3.63, 3.8) is 0 Å². The molecule has 108 valence electrons. The molecule has 0 atom stereocenters. The summed E-state index contributed by atoms with van der Waals surface area (Å²) in [4.78, 5) is 21.5. The Bertz CT molecular complexity index is 699. The van der Waals surface area contributed by atoms with Gasteiger partial charge in [0.2, 0.25) is 0 Å². The molecule has 2 N–H and O–H groups in total. The Kier molecular flexibility index (Phi) is 3.84. The quantitative estimate of drug-likeness (QED) is 0.664. The first-order valence-corrected chi connectivity index (χ1v) is 5.94. The summed E-state index contributed by atoms with van der Waals surface area (Å²) in [5, 5.41) is 22.6. The van der Waals surface area contributed by atoms with Crippen molar-refractivity contribution in [3.05, 3.63) is 63.5 Å². The third-order valence-corrected chi connectivity index (χ3v) is 2.85. The normalized spacial score (nSPS) is 10.2. The minimum Gasteiger partial charge on any atom is -0.478 e. The van der Waals surface area contributed by atoms with Crippen LogP contribution in [-0.4, -0.2) is 16.0 Å². The van der Waals surface area contributed by atoms with Gasteiger partial charge in [-0.25, -0.2) is 9.18 Å². The summed E-state index contributed by atoms with van der Waals surface area (Å²) in [6, 6.07) is 7.88. The molecule has 0 spiro atoms. The highest BCUT2D eigenvalue weighted by Crippen LogP contribution is 2.32. The summed E-state index contributed by atoms with van der Waals surface area (Å²) in [5.41, 5.74) is -0.340. The van der Waals surface area contributed by atoms with Gasteiger partial charge in [0.1, 0.15) is 11.5 Å². The number of nitro groups is 1. The number of carbonyl (C=O) groups is 1. The molecule has 0 unspecified atom stereocenters. The first kappa shape index (κ1) is 14.4. The number of nitrogens with one attached hydrogen (secondary N) is 1. The predicted molar refractivity (Wildman–Crippen MR) is 74.5 cm³/mol. The van der Waals surface area contributed by atoms with Crippen LogP contribution in [0.25, 0.3) is 0 Å². The summed E-state index contributed by atoms with van der Waals surface area (Å²) in [6.07, 6.45) is 0. The molecule has 0 saturated carbocycles. The van der Waals surface area contributed by atoms with Crippen molar-refractivity contribution in [2.24, 2.45) is 0 Å². The first-order valence-electron chi connectivity index (χ1n) is 5.94. The minimum atomic E-state index is -1.34. The second-order valence-electron chi connectivity index (χ2n) is 4.37. The molecule has 0 bridgehead atoms. The highest BCUT2D eigenvalue weighted by atomic mass is 19.1. The number of nitrogens with zero attached hydrogens (tertiary/aromatic N) is 1. The van der Waals surface area contributed by atoms with Gasteiger partial charge in [-0.15, -0.1) is 0 Å². The van der Waals surface area contributed by atoms with Gasteiger partial charge in [0, 0.05) is 6.07 Å². The number of benzene rings is 2. The molecule has 7 heteroatoms. The lowest BCUT2D eigenvalue weighted by Gasteiger charge is -2.11. The SMILES string of the molecule is Cc1ccc(Nc2c(C(=O)O)cccc2[N+](=O)[O-])c(F)c1. The molecular weight excluding hydrogens is 279 g/mol. The molecule has 0 radical (unpaired) electrons. The molecule has 0 amide bonds. The fourth-order valence-electron chi connectivity index (χ4n) is 1.86. The number of aromatic carboxylic acids is 1. The van der Waals surface area contributed by atoms with Gasteiger partial charge in [0.05, 0.1) is 16.2 Å². The third-order valence-electron chi connectivity index (χ3n) is 2.85. The highest BCUT2D eigenvalue weighted by Gasteiger charge is 2.22. The summed E-state index contributed by atoms with van der Waals surface area (Å²) >= 11 is 0. The van der Waals surface area contributed by atoms with Crippen LogP contribution < -0.4 is 5.32 Å². The number of hydrogen-bond acceptors (Lipinski definition) is 4. The third kappa shape index (κ3) is 2.97. The number of aryl methyl sites for hydroxylation is 1. The standard InChI is InChI=1S/C14H11FN2O4/c1-8-5-6-11(10(15)7-8)16-13-9(14(18)19)3-2-4-12(13)17(20)21/h2-7,16H,1H3,(H,18,19). The molecule has 2 aromatic rings. The smallest absolute Gasteiger partial charge is 0.338 e. The van der Waals surface area contributed by atoms with Crippen molar-refractivity contribution in [1.82, 2.24) is 0 Å². The van der Waals surface area contributed by atoms with Crippen molar-refractivity contribution < 1.29 is 19.2 Å². The van der Waals surface area contributed by atoms with E-state index in [1.807, 2.05) is 0 Å². The number of para-hydroxylation sites is 1. The van der Waals surface area contributed by atoms with Crippen molar-refractivity contribution in [2.75, 3.05) is 5.32 Å². The second-order valence-corrected chi connectivity index (χ2v) is 4.37. The number of rotatable bonds is 4. The van der Waals surface area contributed by atoms with E-state index >= 15 is 0 Å². The number of halogens is 1. The summed E-state index contributed by atoms with van der Waals surface area (Å²) in [5.74, 6) is -1.96. The number of anilines is 2. The average molecular weight is 290 g/mol. The predicted octanol–water partition coefficient (Wildman–Crippen LogP) is 3.48. The van der Waals surface area contributed by atoms with Gasteiger partial charge >= 0.3 is 5.97 Å². The summed E-state index contributed by atoms with van der Waals surface area (Å²) in [7, 11) is 0. The van der Waals surface area contributed by atoms with Crippen LogP contribution in [-0.2, 0) is 0 Å². The molecule has 0 heterocycles. The molecule has 2 aromatic carbocycles. The van der Waals surface area contributed by atoms with Gasteiger partial charge < -0.3 is 10.4 Å². The van der Waals surface area contributed by atoms with Crippen LogP contribution in [0.5, 0.6) is 0 Å². The fourth-order valence-corrected chi connectivity index (χ4v) is 1.86. The maximum absolute atomic E-state index is 13.8. The second kappa shape index (κ2) is 5.58. The average Bonchev–Trinajstić information content (AvgIpc) is 2.41. The van der Waals surface area contributed by atoms with Crippen molar-refractivity contribution >= 4 is 23.0 Å². The molecule has 0 saturated heterocycles. The van der Waals surface area contributed by atoms with E-state index in [9.17, 15) is 19.3 Å². The zero-order valence-electron chi connectivity index (χ0n) is 11.0. The van der Waals surface area contributed by atoms with Crippen LogP contribution in [0.15, 0.2) is 36.4 Å². The van der Waals surface area contributed by atoms with Crippen molar-refractivity contribution in [2.45, 2.75) is 6.92 Å². The van der Waals surface area contributed by atoms with Crippen molar-refractivity contribution in [1.29, 1.82) is 0 Å². The monoisotopic (exact) mass is 290 g/mol. The molecule has 0 aromatic heterocycles. The van der Waals surface area contributed by atoms with Gasteiger partial charge in [-0.1, -0.05) is 12.1 Å². The van der Waals surface area contributed by atoms with Gasteiger partial charge in [-0.05, 0) is 30.7 Å². The number of carboxylic acid groups (broad SMARTS) is 1. The fraction of sp³-hybridized carbons (Fsp3) is 0.0714. The molecule has 2 rings (SSSR count). The Morgan fingerprint density at radius 1 is 1.33 bits per heavy atom. The van der Waals surface area contributed by atoms with E-state index in [4.69, 9.17) is 5.11 Å². The first-order chi connectivity index (χ1) is 9.90. The molecule has 6 nitrogen and oxygen atoms in total. The Morgan fingerprint density at radius 3 is 2.62 bits per heavy atom. The summed E-state index contributed by atoms with van der Waals surface area (Å²) in [6.45, 7) is 1.69. The van der Waals surface area contributed by atoms with E-state index < -0.39 is 22.4 Å². The van der Waals surface area contributed by atoms with E-state index in [1.165, 1.54) is 24.3 Å².